The number of aromatic nitrogens is 3. The van der Waals surface area contributed by atoms with Crippen molar-refractivity contribution in [3.63, 3.8) is 0 Å². The largest absolute Gasteiger partial charge is 0.363 e. The summed E-state index contributed by atoms with van der Waals surface area (Å²) in [6.07, 6.45) is 5.11. The molecule has 0 aliphatic carbocycles. The Morgan fingerprint density at radius 1 is 1.23 bits per heavy atom. The summed E-state index contributed by atoms with van der Waals surface area (Å²) >= 11 is 1.18. The number of hydrogen-bond acceptors (Lipinski definition) is 7. The van der Waals surface area contributed by atoms with E-state index in [1.165, 1.54) is 30.2 Å². The maximum Gasteiger partial charge on any atom is 0.363 e. The number of pyridine rings is 1. The van der Waals surface area contributed by atoms with Gasteiger partial charge in [0.2, 0.25) is 5.95 Å². The van der Waals surface area contributed by atoms with Gasteiger partial charge in [0.05, 0.1) is 16.0 Å². The zero-order valence-corrected chi connectivity index (χ0v) is 12.4. The van der Waals surface area contributed by atoms with Crippen LogP contribution in [0.4, 0.5) is 11.8 Å². The third kappa shape index (κ3) is 3.08. The minimum absolute atomic E-state index is 0.222. The molecule has 1 N–H and O–H groups in total. The number of nitrogens with zero attached hydrogens (tertiary/aromatic N) is 4. The van der Waals surface area contributed by atoms with Crippen molar-refractivity contribution in [1.82, 2.24) is 15.0 Å². The first-order valence-corrected chi connectivity index (χ1v) is 7.58. The molecule has 2 aromatic heterocycles. The predicted octanol–water partition coefficient (Wildman–Crippen LogP) is 1.82. The average Bonchev–Trinajstić information content (AvgIpc) is 3.04. The Bertz CT molecular complexity index is 740. The number of nitrogens with one attached hydrogen (secondary N) is 1. The van der Waals surface area contributed by atoms with Crippen molar-refractivity contribution >= 4 is 23.5 Å². The quantitative estimate of drug-likeness (QED) is 0.677. The van der Waals surface area contributed by atoms with E-state index in [1.54, 1.807) is 6.07 Å². The number of aromatic amines is 1. The lowest BCUT2D eigenvalue weighted by atomic mass is 10.4. The Kier molecular flexibility index (Phi) is 4.05. The molecule has 1 fully saturated rings. The number of nitro groups is 1. The number of rotatable bonds is 4. The summed E-state index contributed by atoms with van der Waals surface area (Å²) in [7, 11) is 0. The third-order valence-corrected chi connectivity index (χ3v) is 4.28. The Morgan fingerprint density at radius 2 is 2.00 bits per heavy atom. The standard InChI is InChI=1S/C13H13N5O3S/c19-12-10(8-15-13(16-12)17-5-1-2-6-17)22-9-3-4-11(14-7-9)18(20)21/h3-4,7-8H,1-2,5-6H2,(H,15,16,19). The van der Waals surface area contributed by atoms with Crippen molar-refractivity contribution in [1.29, 1.82) is 0 Å². The summed E-state index contributed by atoms with van der Waals surface area (Å²) in [4.78, 5) is 36.0. The van der Waals surface area contributed by atoms with Crippen LogP contribution in [-0.4, -0.2) is 33.0 Å². The van der Waals surface area contributed by atoms with E-state index < -0.39 is 4.92 Å². The van der Waals surface area contributed by atoms with Gasteiger partial charge in [0.25, 0.3) is 5.56 Å². The molecule has 0 spiro atoms. The zero-order valence-electron chi connectivity index (χ0n) is 11.6. The maximum absolute atomic E-state index is 12.1. The van der Waals surface area contributed by atoms with Crippen LogP contribution in [0.25, 0.3) is 0 Å². The molecule has 0 radical (unpaired) electrons. The van der Waals surface area contributed by atoms with Crippen LogP contribution in [0.2, 0.25) is 0 Å². The van der Waals surface area contributed by atoms with E-state index >= 15 is 0 Å². The van der Waals surface area contributed by atoms with Gasteiger partial charge in [0, 0.05) is 19.2 Å². The molecule has 0 aromatic carbocycles. The van der Waals surface area contributed by atoms with Crippen LogP contribution >= 0.6 is 11.8 Å². The van der Waals surface area contributed by atoms with Crippen molar-refractivity contribution in [3.8, 4) is 0 Å². The highest BCUT2D eigenvalue weighted by molar-refractivity contribution is 7.99. The molecule has 9 heteroatoms. The molecule has 2 aromatic rings. The molecule has 0 saturated carbocycles. The Labute approximate surface area is 129 Å². The summed E-state index contributed by atoms with van der Waals surface area (Å²) in [5.74, 6) is 0.370. The molecule has 0 amide bonds. The fraction of sp³-hybridized carbons (Fsp3) is 0.308. The van der Waals surface area contributed by atoms with E-state index in [0.29, 0.717) is 15.7 Å². The van der Waals surface area contributed by atoms with Crippen molar-refractivity contribution in [3.05, 3.63) is 45.0 Å². The normalized spacial score (nSPS) is 14.3. The molecule has 1 aliphatic heterocycles. The fourth-order valence-corrected chi connectivity index (χ4v) is 2.95. The maximum atomic E-state index is 12.1. The van der Waals surface area contributed by atoms with Gasteiger partial charge in [-0.3, -0.25) is 9.78 Å². The van der Waals surface area contributed by atoms with Crippen molar-refractivity contribution in [2.45, 2.75) is 22.6 Å². The van der Waals surface area contributed by atoms with Crippen LogP contribution < -0.4 is 10.5 Å². The van der Waals surface area contributed by atoms with E-state index in [0.717, 1.165) is 25.9 Å². The highest BCUT2D eigenvalue weighted by Crippen LogP contribution is 2.25. The van der Waals surface area contributed by atoms with Crippen LogP contribution in [-0.2, 0) is 0 Å². The molecular weight excluding hydrogens is 306 g/mol. The molecule has 0 bridgehead atoms. The van der Waals surface area contributed by atoms with E-state index in [4.69, 9.17) is 0 Å². The second kappa shape index (κ2) is 6.14. The fourth-order valence-electron chi connectivity index (χ4n) is 2.20. The second-order valence-corrected chi connectivity index (χ2v) is 5.92. The van der Waals surface area contributed by atoms with E-state index in [1.807, 2.05) is 4.90 Å². The number of anilines is 1. The Morgan fingerprint density at radius 3 is 2.59 bits per heavy atom. The molecule has 8 nitrogen and oxygen atoms in total. The Balaban J connectivity index is 1.77. The SMILES string of the molecule is O=c1[nH]c(N2CCCC2)ncc1Sc1ccc([N+](=O)[O-])nc1. The molecule has 1 saturated heterocycles. The third-order valence-electron chi connectivity index (χ3n) is 3.29. The number of hydrogen-bond donors (Lipinski definition) is 1. The minimum atomic E-state index is -0.562. The zero-order chi connectivity index (χ0) is 15.5. The van der Waals surface area contributed by atoms with Crippen LogP contribution in [0.15, 0.2) is 39.1 Å². The smallest absolute Gasteiger partial charge is 0.358 e. The molecule has 3 rings (SSSR count). The van der Waals surface area contributed by atoms with Gasteiger partial charge in [-0.05, 0) is 28.8 Å². The van der Waals surface area contributed by atoms with Crippen LogP contribution in [0.3, 0.4) is 0 Å². The summed E-state index contributed by atoms with van der Waals surface area (Å²) in [6.45, 7) is 1.81. The van der Waals surface area contributed by atoms with Gasteiger partial charge in [0.15, 0.2) is 6.20 Å². The lowest BCUT2D eigenvalue weighted by Gasteiger charge is -2.15. The Hall–Kier alpha value is -2.42. The summed E-state index contributed by atoms with van der Waals surface area (Å²) in [5, 5.41) is 10.6. The van der Waals surface area contributed by atoms with Gasteiger partial charge in [0.1, 0.15) is 0 Å². The average molecular weight is 319 g/mol. The van der Waals surface area contributed by atoms with Gasteiger partial charge >= 0.3 is 5.82 Å². The summed E-state index contributed by atoms with van der Waals surface area (Å²) in [5.41, 5.74) is -0.222. The first-order valence-electron chi connectivity index (χ1n) is 6.76. The monoisotopic (exact) mass is 319 g/mol. The van der Waals surface area contributed by atoms with Gasteiger partial charge in [-0.1, -0.05) is 11.8 Å². The van der Waals surface area contributed by atoms with Gasteiger partial charge < -0.3 is 15.0 Å². The molecular formula is C13H13N5O3S. The lowest BCUT2D eigenvalue weighted by molar-refractivity contribution is -0.389. The topological polar surface area (TPSA) is 105 Å². The van der Waals surface area contributed by atoms with Gasteiger partial charge in [-0.15, -0.1) is 0 Å². The molecule has 3 heterocycles. The van der Waals surface area contributed by atoms with Crippen molar-refractivity contribution < 1.29 is 4.92 Å². The molecule has 22 heavy (non-hydrogen) atoms. The molecule has 1 aliphatic rings. The summed E-state index contributed by atoms with van der Waals surface area (Å²) < 4.78 is 0. The van der Waals surface area contributed by atoms with E-state index in [2.05, 4.69) is 15.0 Å². The van der Waals surface area contributed by atoms with E-state index in [9.17, 15) is 14.9 Å². The molecule has 114 valence electrons. The van der Waals surface area contributed by atoms with E-state index in [-0.39, 0.29) is 11.4 Å². The first-order chi connectivity index (χ1) is 10.6. The number of H-pyrrole nitrogens is 1. The second-order valence-electron chi connectivity index (χ2n) is 4.81. The highest BCUT2D eigenvalue weighted by Gasteiger charge is 2.16. The highest BCUT2D eigenvalue weighted by atomic mass is 32.2. The van der Waals surface area contributed by atoms with Crippen molar-refractivity contribution in [2.75, 3.05) is 18.0 Å². The van der Waals surface area contributed by atoms with Crippen LogP contribution in [0.1, 0.15) is 12.8 Å². The first kappa shape index (κ1) is 14.5. The van der Waals surface area contributed by atoms with Crippen molar-refractivity contribution in [2.24, 2.45) is 0 Å². The van der Waals surface area contributed by atoms with Crippen LogP contribution in [0.5, 0.6) is 0 Å². The molecule has 0 unspecified atom stereocenters. The van der Waals surface area contributed by atoms with Gasteiger partial charge in [-0.2, -0.15) is 0 Å². The minimum Gasteiger partial charge on any atom is -0.358 e. The van der Waals surface area contributed by atoms with Gasteiger partial charge in [-0.25, -0.2) is 4.98 Å². The predicted molar refractivity (Wildman–Crippen MR) is 81.3 cm³/mol. The van der Waals surface area contributed by atoms with Crippen LogP contribution in [0, 0.1) is 10.1 Å². The summed E-state index contributed by atoms with van der Waals surface area (Å²) in [6, 6.07) is 2.87. The molecule has 0 atom stereocenters. The lowest BCUT2D eigenvalue weighted by Crippen LogP contribution is -2.24.